The average molecular weight is 419 g/mol. The lowest BCUT2D eigenvalue weighted by molar-refractivity contribution is -0.141. The molecule has 1 aliphatic carbocycles. The number of alkyl halides is 3. The van der Waals surface area contributed by atoms with E-state index in [1.165, 1.54) is 19.2 Å². The van der Waals surface area contributed by atoms with Crippen LogP contribution in [0.5, 0.6) is 0 Å². The van der Waals surface area contributed by atoms with Crippen LogP contribution in [0.2, 0.25) is 0 Å². The molecular formula is C20H20F3N5O2. The monoisotopic (exact) mass is 419 g/mol. The highest BCUT2D eigenvalue weighted by atomic mass is 19.4. The summed E-state index contributed by atoms with van der Waals surface area (Å²) in [4.78, 5) is 24.8. The van der Waals surface area contributed by atoms with Crippen LogP contribution < -0.4 is 5.32 Å². The van der Waals surface area contributed by atoms with Gasteiger partial charge >= 0.3 is 6.18 Å². The number of halogens is 3. The number of carbonyl (C=O) groups excluding carboxylic acids is 1. The van der Waals surface area contributed by atoms with Gasteiger partial charge in [-0.25, -0.2) is 9.97 Å². The van der Waals surface area contributed by atoms with Gasteiger partial charge in [-0.05, 0) is 50.5 Å². The first kappa shape index (κ1) is 20.3. The van der Waals surface area contributed by atoms with Gasteiger partial charge in [0.15, 0.2) is 5.65 Å². The van der Waals surface area contributed by atoms with Crippen molar-refractivity contribution in [2.24, 2.45) is 0 Å². The summed E-state index contributed by atoms with van der Waals surface area (Å²) < 4.78 is 40.9. The smallest absolute Gasteiger partial charge is 0.383 e. The third kappa shape index (κ3) is 3.87. The zero-order chi connectivity index (χ0) is 21.5. The molecule has 1 amide bonds. The number of pyridine rings is 2. The molecule has 7 nitrogen and oxygen atoms in total. The number of aliphatic hydroxyl groups is 1. The number of hydrogen-bond acceptors (Lipinski definition) is 5. The molecule has 4 rings (SSSR count). The summed E-state index contributed by atoms with van der Waals surface area (Å²) >= 11 is 0. The lowest BCUT2D eigenvalue weighted by Gasteiger charge is -2.29. The Morgan fingerprint density at radius 2 is 1.97 bits per heavy atom. The van der Waals surface area contributed by atoms with E-state index >= 15 is 0 Å². The number of imidazole rings is 1. The SMILES string of the molecule is C[C@](O)(CC(=O)Nc1nc2ccc(C(F)(F)F)nc2n1C1CCC1)c1ccccn1. The number of rotatable bonds is 5. The van der Waals surface area contributed by atoms with Crippen LogP contribution in [0, 0.1) is 0 Å². The third-order valence-corrected chi connectivity index (χ3v) is 5.24. The van der Waals surface area contributed by atoms with Crippen LogP contribution in [0.25, 0.3) is 11.2 Å². The van der Waals surface area contributed by atoms with E-state index in [1.54, 1.807) is 22.8 Å². The molecule has 1 aliphatic rings. The molecule has 10 heteroatoms. The summed E-state index contributed by atoms with van der Waals surface area (Å²) in [5.41, 5.74) is -1.83. The molecule has 0 aliphatic heterocycles. The van der Waals surface area contributed by atoms with Gasteiger partial charge in [-0.1, -0.05) is 6.07 Å². The zero-order valence-corrected chi connectivity index (χ0v) is 16.1. The first-order chi connectivity index (χ1) is 14.1. The Labute approximate surface area is 170 Å². The number of aromatic nitrogens is 4. The Morgan fingerprint density at radius 3 is 2.57 bits per heavy atom. The maximum Gasteiger partial charge on any atom is 0.433 e. The Balaban J connectivity index is 1.64. The fraction of sp³-hybridized carbons (Fsp3) is 0.400. The van der Waals surface area contributed by atoms with E-state index in [2.05, 4.69) is 20.3 Å². The van der Waals surface area contributed by atoms with Gasteiger partial charge in [0.05, 0.1) is 12.1 Å². The molecule has 1 saturated carbocycles. The highest BCUT2D eigenvalue weighted by Gasteiger charge is 2.35. The van der Waals surface area contributed by atoms with Crippen molar-refractivity contribution in [3.05, 3.63) is 47.9 Å². The molecule has 0 spiro atoms. The standard InChI is InChI=1S/C20H20F3N5O2/c1-19(30,14-7-2-3-10-24-14)11-16(29)27-18-25-13-8-9-15(20(21,22)23)26-17(13)28(18)12-5-4-6-12/h2-3,7-10,12,30H,4-6,11H2,1H3,(H,25,27,29)/t19-/m0/s1. The number of nitrogens with zero attached hydrogens (tertiary/aromatic N) is 4. The van der Waals surface area contributed by atoms with Gasteiger partial charge in [-0.15, -0.1) is 0 Å². The predicted octanol–water partition coefficient (Wildman–Crippen LogP) is 3.81. The second-order valence-electron chi connectivity index (χ2n) is 7.64. The van der Waals surface area contributed by atoms with Crippen molar-refractivity contribution in [2.75, 3.05) is 5.32 Å². The van der Waals surface area contributed by atoms with E-state index in [-0.39, 0.29) is 29.6 Å². The van der Waals surface area contributed by atoms with Gasteiger partial charge in [0.2, 0.25) is 11.9 Å². The van der Waals surface area contributed by atoms with Crippen molar-refractivity contribution < 1.29 is 23.1 Å². The normalized spacial score (nSPS) is 16.8. The molecule has 3 aromatic rings. The van der Waals surface area contributed by atoms with Crippen molar-refractivity contribution >= 4 is 23.0 Å². The van der Waals surface area contributed by atoms with Gasteiger partial charge in [0, 0.05) is 12.2 Å². The summed E-state index contributed by atoms with van der Waals surface area (Å²) in [6.07, 6.45) is -0.894. The topological polar surface area (TPSA) is 92.9 Å². The van der Waals surface area contributed by atoms with E-state index in [0.717, 1.165) is 25.3 Å². The molecule has 1 fully saturated rings. The molecule has 3 aromatic heterocycles. The summed E-state index contributed by atoms with van der Waals surface area (Å²) in [5, 5.41) is 13.3. The molecule has 0 saturated heterocycles. The number of amides is 1. The van der Waals surface area contributed by atoms with E-state index in [0.29, 0.717) is 5.69 Å². The zero-order valence-electron chi connectivity index (χ0n) is 16.1. The first-order valence-corrected chi connectivity index (χ1v) is 9.55. The van der Waals surface area contributed by atoms with E-state index in [4.69, 9.17) is 0 Å². The van der Waals surface area contributed by atoms with Crippen molar-refractivity contribution in [3.63, 3.8) is 0 Å². The van der Waals surface area contributed by atoms with Gasteiger partial charge in [0.25, 0.3) is 0 Å². The van der Waals surface area contributed by atoms with Crippen LogP contribution in [0.15, 0.2) is 36.5 Å². The van der Waals surface area contributed by atoms with Gasteiger partial charge < -0.3 is 5.11 Å². The Kier molecular flexibility index (Phi) is 4.97. The highest BCUT2D eigenvalue weighted by Crippen LogP contribution is 2.38. The van der Waals surface area contributed by atoms with Crippen LogP contribution in [0.4, 0.5) is 19.1 Å². The van der Waals surface area contributed by atoms with E-state index in [1.807, 2.05) is 0 Å². The fourth-order valence-corrected chi connectivity index (χ4v) is 3.46. The van der Waals surface area contributed by atoms with Gasteiger partial charge in [0.1, 0.15) is 16.8 Å². The molecule has 3 heterocycles. The molecule has 158 valence electrons. The third-order valence-electron chi connectivity index (χ3n) is 5.24. The molecule has 2 N–H and O–H groups in total. The summed E-state index contributed by atoms with van der Waals surface area (Å²) in [7, 11) is 0. The van der Waals surface area contributed by atoms with Crippen LogP contribution in [-0.2, 0) is 16.6 Å². The molecule has 30 heavy (non-hydrogen) atoms. The number of nitrogens with one attached hydrogen (secondary N) is 1. The second-order valence-corrected chi connectivity index (χ2v) is 7.64. The molecule has 1 atom stereocenters. The summed E-state index contributed by atoms with van der Waals surface area (Å²) in [6, 6.07) is 7.05. The highest BCUT2D eigenvalue weighted by molar-refractivity contribution is 5.91. The van der Waals surface area contributed by atoms with Crippen molar-refractivity contribution in [2.45, 2.75) is 50.4 Å². The Morgan fingerprint density at radius 1 is 1.20 bits per heavy atom. The van der Waals surface area contributed by atoms with Crippen LogP contribution in [0.1, 0.15) is 50.0 Å². The van der Waals surface area contributed by atoms with Gasteiger partial charge in [-0.2, -0.15) is 13.2 Å². The second kappa shape index (κ2) is 7.35. The van der Waals surface area contributed by atoms with Crippen molar-refractivity contribution in [1.82, 2.24) is 19.5 Å². The average Bonchev–Trinajstić information content (AvgIpc) is 2.97. The minimum atomic E-state index is -4.58. The maximum absolute atomic E-state index is 13.1. The minimum Gasteiger partial charge on any atom is -0.383 e. The van der Waals surface area contributed by atoms with Crippen LogP contribution in [-0.4, -0.2) is 30.5 Å². The maximum atomic E-state index is 13.1. The molecule has 0 radical (unpaired) electrons. The van der Waals surface area contributed by atoms with Gasteiger partial charge in [-0.3, -0.25) is 19.7 Å². The minimum absolute atomic E-state index is 0.0845. The Hall–Kier alpha value is -3.01. The quantitative estimate of drug-likeness (QED) is 0.656. The number of fused-ring (bicyclic) bond motifs is 1. The largest absolute Gasteiger partial charge is 0.433 e. The molecule has 0 unspecified atom stereocenters. The lowest BCUT2D eigenvalue weighted by atomic mass is 9.93. The number of anilines is 1. The van der Waals surface area contributed by atoms with Crippen LogP contribution in [0.3, 0.4) is 0 Å². The number of hydrogen-bond donors (Lipinski definition) is 2. The van der Waals surface area contributed by atoms with E-state index in [9.17, 15) is 23.1 Å². The summed E-state index contributed by atoms with van der Waals surface area (Å²) in [6.45, 7) is 1.47. The van der Waals surface area contributed by atoms with Crippen molar-refractivity contribution in [3.8, 4) is 0 Å². The number of carbonyl (C=O) groups is 1. The predicted molar refractivity (Wildman–Crippen MR) is 102 cm³/mol. The van der Waals surface area contributed by atoms with Crippen LogP contribution >= 0.6 is 0 Å². The molecule has 0 bridgehead atoms. The van der Waals surface area contributed by atoms with E-state index < -0.39 is 23.4 Å². The lowest BCUT2D eigenvalue weighted by Crippen LogP contribution is -2.30. The Bertz CT molecular complexity index is 1080. The molecular weight excluding hydrogens is 399 g/mol. The molecule has 0 aromatic carbocycles. The first-order valence-electron chi connectivity index (χ1n) is 9.55. The fourth-order valence-electron chi connectivity index (χ4n) is 3.46. The summed E-state index contributed by atoms with van der Waals surface area (Å²) in [5.74, 6) is -0.402. The van der Waals surface area contributed by atoms with Crippen molar-refractivity contribution in [1.29, 1.82) is 0 Å².